The van der Waals surface area contributed by atoms with Crippen LogP contribution >= 0.6 is 12.4 Å². The third-order valence-corrected chi connectivity index (χ3v) is 10.8. The number of fused-ring (bicyclic) bond motifs is 5. The topological polar surface area (TPSA) is 213 Å². The summed E-state index contributed by atoms with van der Waals surface area (Å²) in [5.74, 6) is 0. The molecule has 0 unspecified atom stereocenters. The third kappa shape index (κ3) is 12.5. The standard InChI is InChI=1S/C11H8F2N2.C11H8N2O.C10H10F2N2.C10H6F2N2.C10H6N2O.ClH/c1-15-9-3-2-7(6-14)4-8(9)5-10(15)11(12)13;1-13-10(7-14)5-9-4-8(6-12)2-3-11(9)13;2*11-10(12)9-4-7-3-6(5-13)1-2-8(7)14-9;11-5-7-1-2-10-8(3-7)4-9(6-13)12-10;/h2-5,11H,1H3;2-5,7H,1H3;1-4,10,14H,5,13H2;1-4,10,14H;1-4,6,12H;1H. The molecule has 0 atom stereocenters. The van der Waals surface area contributed by atoms with Crippen molar-refractivity contribution >= 4 is 79.5 Å². The summed E-state index contributed by atoms with van der Waals surface area (Å²) < 4.78 is 77.6. The van der Waals surface area contributed by atoms with E-state index >= 15 is 0 Å². The van der Waals surface area contributed by atoms with Gasteiger partial charge in [-0.05, 0) is 121 Å². The fraction of sp³-hybridized carbons (Fsp3) is 0.115. The van der Waals surface area contributed by atoms with Gasteiger partial charge >= 0.3 is 0 Å². The van der Waals surface area contributed by atoms with Gasteiger partial charge in [-0.15, -0.1) is 12.4 Å². The van der Waals surface area contributed by atoms with Crippen LogP contribution in [0.25, 0.3) is 54.5 Å². The molecule has 19 heteroatoms. The normalized spacial score (nSPS) is 10.4. The number of nitrogens with zero attached hydrogens (tertiary/aromatic N) is 6. The molecule has 0 aliphatic carbocycles. The fourth-order valence-electron chi connectivity index (χ4n) is 7.28. The molecule has 358 valence electrons. The lowest BCUT2D eigenvalue weighted by molar-refractivity contribution is 0.111. The lowest BCUT2D eigenvalue weighted by atomic mass is 10.1. The van der Waals surface area contributed by atoms with Gasteiger partial charge < -0.3 is 29.8 Å². The Morgan fingerprint density at radius 3 is 1.38 bits per heavy atom. The summed E-state index contributed by atoms with van der Waals surface area (Å²) in [6, 6.07) is 41.5. The maximum absolute atomic E-state index is 12.6. The molecule has 0 aliphatic rings. The van der Waals surface area contributed by atoms with Gasteiger partial charge in [0.05, 0.1) is 75.0 Å². The lowest BCUT2D eigenvalue weighted by Crippen LogP contribution is -1.95. The largest absolute Gasteiger partial charge is 0.354 e. The van der Waals surface area contributed by atoms with E-state index in [0.717, 1.165) is 50.8 Å². The number of hydrogen-bond acceptors (Lipinski definition) is 7. The van der Waals surface area contributed by atoms with E-state index in [-0.39, 0.29) is 29.5 Å². The van der Waals surface area contributed by atoms with Crippen molar-refractivity contribution in [3.05, 3.63) is 178 Å². The van der Waals surface area contributed by atoms with Crippen molar-refractivity contribution in [2.45, 2.75) is 25.8 Å². The van der Waals surface area contributed by atoms with Crippen LogP contribution in [0.4, 0.5) is 26.3 Å². The molecule has 5 aromatic carbocycles. The molecule has 5 N–H and O–H groups in total. The second kappa shape index (κ2) is 23.8. The Hall–Kier alpha value is -9.07. The van der Waals surface area contributed by atoms with E-state index in [2.05, 4.69) is 21.0 Å². The van der Waals surface area contributed by atoms with Gasteiger partial charge in [0, 0.05) is 75.2 Å². The highest BCUT2D eigenvalue weighted by atomic mass is 35.5. The highest BCUT2D eigenvalue weighted by Crippen LogP contribution is 2.28. The van der Waals surface area contributed by atoms with Crippen LogP contribution in [-0.2, 0) is 20.6 Å². The summed E-state index contributed by atoms with van der Waals surface area (Å²) in [6.07, 6.45) is -5.89. The van der Waals surface area contributed by atoms with Gasteiger partial charge in [0.2, 0.25) is 0 Å². The zero-order valence-electron chi connectivity index (χ0n) is 37.4. The summed E-state index contributed by atoms with van der Waals surface area (Å²) in [7, 11) is 3.42. The summed E-state index contributed by atoms with van der Waals surface area (Å²) in [4.78, 5) is 29.3. The molecular weight excluding hydrogens is 946 g/mol. The van der Waals surface area contributed by atoms with Crippen molar-refractivity contribution in [2.75, 3.05) is 0 Å². The van der Waals surface area contributed by atoms with Crippen LogP contribution in [0.2, 0.25) is 0 Å². The second-order valence-electron chi connectivity index (χ2n) is 15.3. The number of halogens is 7. The highest BCUT2D eigenvalue weighted by molar-refractivity contribution is 5.90. The zero-order chi connectivity index (χ0) is 50.6. The Morgan fingerprint density at radius 2 is 0.930 bits per heavy atom. The fourth-order valence-corrected chi connectivity index (χ4v) is 7.28. The van der Waals surface area contributed by atoms with Crippen LogP contribution < -0.4 is 5.73 Å². The first kappa shape index (κ1) is 52.9. The van der Waals surface area contributed by atoms with Crippen LogP contribution in [0.1, 0.15) is 85.2 Å². The zero-order valence-corrected chi connectivity index (χ0v) is 38.2. The number of nitrogens with one attached hydrogen (secondary N) is 3. The first-order valence-corrected chi connectivity index (χ1v) is 20.7. The molecule has 0 bridgehead atoms. The lowest BCUT2D eigenvalue weighted by Gasteiger charge is -2.01. The van der Waals surface area contributed by atoms with E-state index in [1.807, 2.05) is 48.0 Å². The SMILES string of the molecule is Cl.Cn1c(C(F)F)cc2cc(C#N)ccc21.Cn1c(C=O)cc2cc(C#N)ccc21.N#Cc1ccc2[nH]c(C(F)F)cc2c1.N#Cc1ccc2[nH]c(C=O)cc2c1.NCc1ccc2[nH]c(C(F)F)cc2c1. The van der Waals surface area contributed by atoms with E-state index in [4.69, 9.17) is 26.8 Å². The van der Waals surface area contributed by atoms with Crippen LogP contribution in [-0.4, -0.2) is 36.7 Å². The van der Waals surface area contributed by atoms with Gasteiger partial charge in [-0.2, -0.15) is 21.0 Å². The monoisotopic (exact) mass is 984 g/mol. The number of nitriles is 4. The quantitative estimate of drug-likeness (QED) is 0.0933. The van der Waals surface area contributed by atoms with Gasteiger partial charge in [-0.3, -0.25) is 9.59 Å². The molecule has 5 aromatic heterocycles. The second-order valence-corrected chi connectivity index (χ2v) is 15.3. The molecule has 0 aliphatic heterocycles. The average molecular weight is 985 g/mol. The predicted octanol–water partition coefficient (Wildman–Crippen LogP) is 12.7. The smallest absolute Gasteiger partial charge is 0.278 e. The van der Waals surface area contributed by atoms with Crippen molar-refractivity contribution in [3.63, 3.8) is 0 Å². The molecule has 71 heavy (non-hydrogen) atoms. The van der Waals surface area contributed by atoms with Crippen molar-refractivity contribution < 1.29 is 35.9 Å². The number of aldehydes is 2. The van der Waals surface area contributed by atoms with E-state index in [0.29, 0.717) is 62.0 Å². The van der Waals surface area contributed by atoms with Crippen molar-refractivity contribution in [1.29, 1.82) is 21.0 Å². The Labute approximate surface area is 406 Å². The van der Waals surface area contributed by atoms with Crippen LogP contribution in [0.15, 0.2) is 121 Å². The van der Waals surface area contributed by atoms with Crippen molar-refractivity contribution in [3.8, 4) is 24.3 Å². The maximum atomic E-state index is 12.6. The first-order valence-electron chi connectivity index (χ1n) is 20.7. The van der Waals surface area contributed by atoms with E-state index in [1.54, 1.807) is 92.0 Å². The Morgan fingerprint density at radius 1 is 0.507 bits per heavy atom. The van der Waals surface area contributed by atoms with E-state index in [1.165, 1.54) is 22.8 Å². The molecule has 0 saturated carbocycles. The number of carbonyl (C=O) groups is 2. The molecular formula is C52H39ClF6N10O2. The number of carbonyl (C=O) groups excluding carboxylic acids is 2. The van der Waals surface area contributed by atoms with Crippen molar-refractivity contribution in [1.82, 2.24) is 24.1 Å². The number of hydrogen-bond donors (Lipinski definition) is 4. The number of nitrogens with two attached hydrogens (primary N) is 1. The van der Waals surface area contributed by atoms with Gasteiger partial charge in [0.25, 0.3) is 19.3 Å². The minimum atomic E-state index is -2.51. The Bertz CT molecular complexity index is 3690. The number of alkyl halides is 6. The minimum absolute atomic E-state index is 0. The molecule has 12 nitrogen and oxygen atoms in total. The van der Waals surface area contributed by atoms with E-state index < -0.39 is 19.3 Å². The van der Waals surface area contributed by atoms with Gasteiger partial charge in [0.1, 0.15) is 0 Å². The molecule has 0 fully saturated rings. The Balaban J connectivity index is 0.000000165. The molecule has 0 radical (unpaired) electrons. The number of aromatic nitrogens is 5. The van der Waals surface area contributed by atoms with Crippen LogP contribution in [0.5, 0.6) is 0 Å². The summed E-state index contributed by atoms with van der Waals surface area (Å²) in [5, 5.41) is 38.5. The number of rotatable bonds is 6. The minimum Gasteiger partial charge on any atom is -0.354 e. The summed E-state index contributed by atoms with van der Waals surface area (Å²) >= 11 is 0. The Kier molecular flexibility index (Phi) is 17.7. The number of aryl methyl sites for hydroxylation is 2. The molecule has 0 spiro atoms. The third-order valence-electron chi connectivity index (χ3n) is 10.8. The maximum Gasteiger partial charge on any atom is 0.278 e. The highest BCUT2D eigenvalue weighted by Gasteiger charge is 2.15. The van der Waals surface area contributed by atoms with Crippen LogP contribution in [0.3, 0.4) is 0 Å². The molecule has 10 rings (SSSR count). The van der Waals surface area contributed by atoms with Gasteiger partial charge in [-0.25, -0.2) is 26.3 Å². The summed E-state index contributed by atoms with van der Waals surface area (Å²) in [6.45, 7) is 0.422. The van der Waals surface area contributed by atoms with Gasteiger partial charge in [-0.1, -0.05) is 6.07 Å². The molecule has 0 saturated heterocycles. The number of H-pyrrole nitrogens is 3. The first-order chi connectivity index (χ1) is 33.6. The molecule has 10 aromatic rings. The van der Waals surface area contributed by atoms with E-state index in [9.17, 15) is 35.9 Å². The number of benzene rings is 5. The number of aromatic amines is 3. The summed E-state index contributed by atoms with van der Waals surface area (Å²) in [5.41, 5.74) is 13.4. The molecule has 5 heterocycles. The molecule has 0 amide bonds. The predicted molar refractivity (Wildman–Crippen MR) is 260 cm³/mol. The average Bonchev–Trinajstić information content (AvgIpc) is 4.22. The van der Waals surface area contributed by atoms with Crippen LogP contribution in [0, 0.1) is 45.3 Å². The van der Waals surface area contributed by atoms with Crippen molar-refractivity contribution in [2.24, 2.45) is 19.8 Å². The van der Waals surface area contributed by atoms with Gasteiger partial charge in [0.15, 0.2) is 12.6 Å².